The van der Waals surface area contributed by atoms with Crippen LogP contribution >= 0.6 is 15.9 Å². The Morgan fingerprint density at radius 1 is 1.23 bits per heavy atom. The summed E-state index contributed by atoms with van der Waals surface area (Å²) >= 11 is 2.99. The van der Waals surface area contributed by atoms with E-state index >= 15 is 0 Å². The molecule has 0 aliphatic heterocycles. The molecule has 0 aliphatic rings. The first kappa shape index (κ1) is 10.5. The Kier molecular flexibility index (Phi) is 3.33. The molecule has 1 nitrogen and oxygen atoms in total. The molecule has 0 unspecified atom stereocenters. The van der Waals surface area contributed by atoms with E-state index in [1.54, 1.807) is 0 Å². The smallest absolute Gasteiger partial charge is 0.257 e. The lowest BCUT2D eigenvalue weighted by atomic mass is 10.1. The standard InChI is InChI=1S/C8H7BrF3N/c9-5-1-4(2-6(10)3-5)7(13)8(11)12/h1-3,7-8H,13H2/t7-/m0/s1. The first-order valence-corrected chi connectivity index (χ1v) is 4.29. The molecule has 1 aromatic carbocycles. The van der Waals surface area contributed by atoms with Gasteiger partial charge >= 0.3 is 0 Å². The number of hydrogen-bond donors (Lipinski definition) is 1. The van der Waals surface area contributed by atoms with E-state index in [9.17, 15) is 13.2 Å². The second-order valence-corrected chi connectivity index (χ2v) is 3.48. The molecule has 1 atom stereocenters. The molecule has 0 radical (unpaired) electrons. The zero-order valence-electron chi connectivity index (χ0n) is 6.48. The van der Waals surface area contributed by atoms with Crippen LogP contribution in [0.5, 0.6) is 0 Å². The van der Waals surface area contributed by atoms with Crippen molar-refractivity contribution in [3.63, 3.8) is 0 Å². The lowest BCUT2D eigenvalue weighted by Gasteiger charge is -2.10. The Labute approximate surface area is 81.9 Å². The zero-order valence-corrected chi connectivity index (χ0v) is 8.06. The number of benzene rings is 1. The minimum atomic E-state index is -2.69. The first-order chi connectivity index (χ1) is 6.00. The monoisotopic (exact) mass is 253 g/mol. The molecular formula is C8H7BrF3N. The van der Waals surface area contributed by atoms with E-state index in [-0.39, 0.29) is 5.56 Å². The van der Waals surface area contributed by atoms with Crippen molar-refractivity contribution in [3.8, 4) is 0 Å². The highest BCUT2D eigenvalue weighted by molar-refractivity contribution is 9.10. The summed E-state index contributed by atoms with van der Waals surface area (Å²) in [4.78, 5) is 0. The van der Waals surface area contributed by atoms with Crippen LogP contribution in [0.4, 0.5) is 13.2 Å². The van der Waals surface area contributed by atoms with Crippen LogP contribution in [0.25, 0.3) is 0 Å². The average molecular weight is 254 g/mol. The van der Waals surface area contributed by atoms with E-state index < -0.39 is 18.3 Å². The van der Waals surface area contributed by atoms with Gasteiger partial charge in [-0.25, -0.2) is 13.2 Å². The van der Waals surface area contributed by atoms with Crippen LogP contribution in [-0.4, -0.2) is 6.43 Å². The van der Waals surface area contributed by atoms with Crippen molar-refractivity contribution in [3.05, 3.63) is 34.1 Å². The van der Waals surface area contributed by atoms with Gasteiger partial charge in [0.15, 0.2) is 0 Å². The second kappa shape index (κ2) is 4.11. The van der Waals surface area contributed by atoms with E-state index in [1.807, 2.05) is 0 Å². The first-order valence-electron chi connectivity index (χ1n) is 3.50. The maximum absolute atomic E-state index is 12.7. The van der Waals surface area contributed by atoms with Gasteiger partial charge in [0.25, 0.3) is 6.43 Å². The molecule has 0 spiro atoms. The molecular weight excluding hydrogens is 247 g/mol. The van der Waals surface area contributed by atoms with Crippen molar-refractivity contribution in [2.75, 3.05) is 0 Å². The fraction of sp³-hybridized carbons (Fsp3) is 0.250. The number of rotatable bonds is 2. The van der Waals surface area contributed by atoms with Gasteiger partial charge in [0.1, 0.15) is 5.82 Å². The van der Waals surface area contributed by atoms with Gasteiger partial charge in [-0.3, -0.25) is 0 Å². The van der Waals surface area contributed by atoms with Gasteiger partial charge in [-0.05, 0) is 23.8 Å². The highest BCUT2D eigenvalue weighted by Gasteiger charge is 2.18. The Hall–Kier alpha value is -0.550. The number of hydrogen-bond acceptors (Lipinski definition) is 1. The molecule has 13 heavy (non-hydrogen) atoms. The summed E-state index contributed by atoms with van der Waals surface area (Å²) in [6, 6.07) is 2.12. The van der Waals surface area contributed by atoms with Gasteiger partial charge in [0.2, 0.25) is 0 Å². The molecule has 1 rings (SSSR count). The molecule has 0 bridgehead atoms. The summed E-state index contributed by atoms with van der Waals surface area (Å²) in [5.41, 5.74) is 5.22. The average Bonchev–Trinajstić information content (AvgIpc) is 2.01. The van der Waals surface area contributed by atoms with Gasteiger partial charge < -0.3 is 5.73 Å². The van der Waals surface area contributed by atoms with Crippen molar-refractivity contribution in [1.82, 2.24) is 0 Å². The highest BCUT2D eigenvalue weighted by atomic mass is 79.9. The Morgan fingerprint density at radius 2 is 1.85 bits per heavy atom. The summed E-state index contributed by atoms with van der Waals surface area (Å²) in [6.45, 7) is 0. The van der Waals surface area contributed by atoms with E-state index in [2.05, 4.69) is 15.9 Å². The largest absolute Gasteiger partial charge is 0.319 e. The fourth-order valence-corrected chi connectivity index (χ4v) is 1.40. The van der Waals surface area contributed by atoms with E-state index in [1.165, 1.54) is 12.1 Å². The summed E-state index contributed by atoms with van der Waals surface area (Å²) in [5, 5.41) is 0. The number of nitrogens with two attached hydrogens (primary N) is 1. The van der Waals surface area contributed by atoms with Gasteiger partial charge in [-0.2, -0.15) is 0 Å². The van der Waals surface area contributed by atoms with E-state index in [4.69, 9.17) is 5.73 Å². The number of halogens is 4. The predicted octanol–water partition coefficient (Wildman–Crippen LogP) is 2.85. The van der Waals surface area contributed by atoms with Crippen LogP contribution in [0.15, 0.2) is 22.7 Å². The van der Waals surface area contributed by atoms with Crippen molar-refractivity contribution in [2.45, 2.75) is 12.5 Å². The molecule has 0 saturated heterocycles. The summed E-state index contributed by atoms with van der Waals surface area (Å²) in [7, 11) is 0. The SMILES string of the molecule is N[C@@H](c1cc(F)cc(Br)c1)C(F)F. The molecule has 72 valence electrons. The number of alkyl halides is 2. The summed E-state index contributed by atoms with van der Waals surface area (Å²) in [6.07, 6.45) is -2.69. The Morgan fingerprint density at radius 3 is 2.31 bits per heavy atom. The van der Waals surface area contributed by atoms with Crippen LogP contribution in [-0.2, 0) is 0 Å². The van der Waals surface area contributed by atoms with Gasteiger partial charge in [-0.15, -0.1) is 0 Å². The predicted molar refractivity (Wildman–Crippen MR) is 47.0 cm³/mol. The lowest BCUT2D eigenvalue weighted by Crippen LogP contribution is -2.18. The molecule has 5 heteroatoms. The van der Waals surface area contributed by atoms with Crippen LogP contribution < -0.4 is 5.73 Å². The normalized spacial score (nSPS) is 13.4. The topological polar surface area (TPSA) is 26.0 Å². The van der Waals surface area contributed by atoms with Crippen LogP contribution in [0.2, 0.25) is 0 Å². The molecule has 0 aliphatic carbocycles. The van der Waals surface area contributed by atoms with Gasteiger partial charge in [0, 0.05) is 4.47 Å². The molecule has 0 amide bonds. The fourth-order valence-electron chi connectivity index (χ4n) is 0.913. The third-order valence-corrected chi connectivity index (χ3v) is 2.00. The lowest BCUT2D eigenvalue weighted by molar-refractivity contribution is 0.116. The minimum Gasteiger partial charge on any atom is -0.319 e. The molecule has 0 fully saturated rings. The zero-order chi connectivity index (χ0) is 10.0. The highest BCUT2D eigenvalue weighted by Crippen LogP contribution is 2.22. The molecule has 0 saturated carbocycles. The van der Waals surface area contributed by atoms with Crippen LogP contribution in [0.3, 0.4) is 0 Å². The Balaban J connectivity index is 3.01. The third kappa shape index (κ3) is 2.70. The molecule has 0 heterocycles. The van der Waals surface area contributed by atoms with Crippen molar-refractivity contribution in [2.24, 2.45) is 5.73 Å². The van der Waals surface area contributed by atoms with Crippen molar-refractivity contribution in [1.29, 1.82) is 0 Å². The van der Waals surface area contributed by atoms with Gasteiger partial charge in [-0.1, -0.05) is 15.9 Å². The quantitative estimate of drug-likeness (QED) is 0.862. The van der Waals surface area contributed by atoms with Crippen LogP contribution in [0.1, 0.15) is 11.6 Å². The molecule has 0 aromatic heterocycles. The van der Waals surface area contributed by atoms with E-state index in [0.29, 0.717) is 4.47 Å². The molecule has 1 aromatic rings. The van der Waals surface area contributed by atoms with Crippen molar-refractivity contribution >= 4 is 15.9 Å². The van der Waals surface area contributed by atoms with Gasteiger partial charge in [0.05, 0.1) is 6.04 Å². The maximum atomic E-state index is 12.7. The minimum absolute atomic E-state index is 0.0851. The van der Waals surface area contributed by atoms with E-state index in [0.717, 1.165) is 6.07 Å². The second-order valence-electron chi connectivity index (χ2n) is 2.56. The van der Waals surface area contributed by atoms with Crippen LogP contribution in [0, 0.1) is 5.82 Å². The van der Waals surface area contributed by atoms with Crippen molar-refractivity contribution < 1.29 is 13.2 Å². The third-order valence-electron chi connectivity index (χ3n) is 1.54. The molecule has 2 N–H and O–H groups in total. The summed E-state index contributed by atoms with van der Waals surface area (Å²) in [5.74, 6) is -0.583. The Bertz CT molecular complexity index is 283. The maximum Gasteiger partial charge on any atom is 0.257 e. The summed E-state index contributed by atoms with van der Waals surface area (Å²) < 4.78 is 37.4.